The van der Waals surface area contributed by atoms with E-state index in [4.69, 9.17) is 0 Å². The first-order valence-corrected chi connectivity index (χ1v) is 3.92. The van der Waals surface area contributed by atoms with E-state index < -0.39 is 0 Å². The zero-order valence-electron chi connectivity index (χ0n) is 7.80. The van der Waals surface area contributed by atoms with Crippen LogP contribution in [0.5, 0.6) is 0 Å². The van der Waals surface area contributed by atoms with Crippen molar-refractivity contribution in [2.24, 2.45) is 0 Å². The Morgan fingerprint density at radius 1 is 1.18 bits per heavy atom. The molecule has 0 heteroatoms. The summed E-state index contributed by atoms with van der Waals surface area (Å²) < 4.78 is 0. The lowest BCUT2D eigenvalue weighted by Gasteiger charge is -1.83. The molecule has 11 heavy (non-hydrogen) atoms. The van der Waals surface area contributed by atoms with Crippen molar-refractivity contribution in [2.75, 3.05) is 0 Å². The summed E-state index contributed by atoms with van der Waals surface area (Å²) in [5, 5.41) is 0. The van der Waals surface area contributed by atoms with Crippen molar-refractivity contribution in [3.05, 3.63) is 49.1 Å². The normalized spacial score (nSPS) is 9.36. The molecule has 0 amide bonds. The lowest BCUT2D eigenvalue weighted by Crippen LogP contribution is -1.62. The van der Waals surface area contributed by atoms with Crippen LogP contribution in [0.3, 0.4) is 0 Å². The van der Waals surface area contributed by atoms with Crippen LogP contribution in [-0.2, 0) is 0 Å². The zero-order chi connectivity index (χ0) is 9.11. The highest BCUT2D eigenvalue weighted by Gasteiger charge is 1.72. The van der Waals surface area contributed by atoms with Crippen molar-refractivity contribution in [1.29, 1.82) is 0 Å². The second-order valence-corrected chi connectivity index (χ2v) is 1.67. The minimum absolute atomic E-state index is 0.998. The summed E-state index contributed by atoms with van der Waals surface area (Å²) in [6.07, 6.45) is 9.40. The van der Waals surface area contributed by atoms with Crippen molar-refractivity contribution in [2.45, 2.75) is 20.8 Å². The lowest BCUT2D eigenvalue weighted by molar-refractivity contribution is 1.50. The third-order valence-corrected chi connectivity index (χ3v) is 0.827. The van der Waals surface area contributed by atoms with Crippen LogP contribution in [0, 0.1) is 0 Å². The van der Waals surface area contributed by atoms with Crippen LogP contribution >= 0.6 is 0 Å². The fourth-order valence-corrected chi connectivity index (χ4v) is 0.461. The van der Waals surface area contributed by atoms with E-state index in [-0.39, 0.29) is 0 Å². The van der Waals surface area contributed by atoms with Crippen molar-refractivity contribution >= 4 is 0 Å². The van der Waals surface area contributed by atoms with Gasteiger partial charge in [-0.25, -0.2) is 0 Å². The molecular weight excluding hydrogens is 132 g/mol. The summed E-state index contributed by atoms with van der Waals surface area (Å²) in [7, 11) is 0. The molecule has 0 aromatic heterocycles. The first-order valence-electron chi connectivity index (χ1n) is 3.92. The van der Waals surface area contributed by atoms with Crippen LogP contribution in [0.4, 0.5) is 0 Å². The summed E-state index contributed by atoms with van der Waals surface area (Å²) in [6, 6.07) is 0. The van der Waals surface area contributed by atoms with Gasteiger partial charge in [0, 0.05) is 0 Å². The van der Waals surface area contributed by atoms with Crippen molar-refractivity contribution in [3.8, 4) is 0 Å². The summed E-state index contributed by atoms with van der Waals surface area (Å²) in [5.74, 6) is 0. The molecule has 0 unspecified atom stereocenters. The Morgan fingerprint density at radius 3 is 2.09 bits per heavy atom. The smallest absolute Gasteiger partial charge is 0.0332 e. The maximum absolute atomic E-state index is 3.76. The molecule has 0 rings (SSSR count). The lowest BCUT2D eigenvalue weighted by atomic mass is 10.2. The van der Waals surface area contributed by atoms with Gasteiger partial charge in [0.25, 0.3) is 0 Å². The molecule has 0 nitrogen and oxygen atoms in total. The van der Waals surface area contributed by atoms with E-state index in [0.29, 0.717) is 0 Å². The molecule has 0 aliphatic rings. The second kappa shape index (κ2) is 11.7. The Hall–Kier alpha value is -1.04. The maximum atomic E-state index is 3.76. The first-order chi connectivity index (χ1) is 5.31. The summed E-state index contributed by atoms with van der Waals surface area (Å²) in [4.78, 5) is 0. The quantitative estimate of drug-likeness (QED) is 0.535. The molecule has 0 heterocycles. The van der Waals surface area contributed by atoms with Gasteiger partial charge in [-0.05, 0) is 12.5 Å². The third-order valence-electron chi connectivity index (χ3n) is 0.827. The van der Waals surface area contributed by atoms with Gasteiger partial charge in [0.05, 0.1) is 0 Å². The average Bonchev–Trinajstić information content (AvgIpc) is 2.05. The molecule has 0 aliphatic heterocycles. The molecule has 0 aromatic carbocycles. The third kappa shape index (κ3) is 12.2. The maximum Gasteiger partial charge on any atom is -0.0332 e. The average molecular weight is 150 g/mol. The number of allylic oxidation sites excluding steroid dienone is 6. The Bertz CT molecular complexity index is 147. The fourth-order valence-electron chi connectivity index (χ4n) is 0.461. The summed E-state index contributed by atoms with van der Waals surface area (Å²) in [6.45, 7) is 13.3. The molecule has 0 radical (unpaired) electrons. The minimum atomic E-state index is 0.998. The molecule has 0 spiro atoms. The van der Waals surface area contributed by atoms with E-state index in [9.17, 15) is 0 Å². The molecular formula is C11H18. The minimum Gasteiger partial charge on any atom is -0.0991 e. The van der Waals surface area contributed by atoms with Gasteiger partial charge in [-0.2, -0.15) is 0 Å². The van der Waals surface area contributed by atoms with Crippen molar-refractivity contribution < 1.29 is 0 Å². The molecule has 0 bridgehead atoms. The predicted molar refractivity (Wildman–Crippen MR) is 54.6 cm³/mol. The fraction of sp³-hybridized carbons (Fsp3) is 0.273. The Morgan fingerprint density at radius 2 is 1.73 bits per heavy atom. The van der Waals surface area contributed by atoms with E-state index in [0.717, 1.165) is 5.57 Å². The SMILES string of the molecule is C=C/C=C\C(=C)/C=C/C.CC. The predicted octanol–water partition coefficient (Wildman–Crippen LogP) is 3.89. The molecule has 0 saturated heterocycles. The van der Waals surface area contributed by atoms with Gasteiger partial charge in [-0.15, -0.1) is 0 Å². The zero-order valence-corrected chi connectivity index (χ0v) is 7.80. The Kier molecular flexibility index (Phi) is 13.4. The van der Waals surface area contributed by atoms with Gasteiger partial charge >= 0.3 is 0 Å². The topological polar surface area (TPSA) is 0 Å². The van der Waals surface area contributed by atoms with E-state index in [1.54, 1.807) is 6.08 Å². The van der Waals surface area contributed by atoms with E-state index in [1.807, 2.05) is 45.1 Å². The number of rotatable bonds is 3. The van der Waals surface area contributed by atoms with Gasteiger partial charge in [-0.1, -0.05) is 57.4 Å². The van der Waals surface area contributed by atoms with Crippen molar-refractivity contribution in [1.82, 2.24) is 0 Å². The monoisotopic (exact) mass is 150 g/mol. The highest BCUT2D eigenvalue weighted by molar-refractivity contribution is 5.28. The van der Waals surface area contributed by atoms with Gasteiger partial charge in [0.2, 0.25) is 0 Å². The first kappa shape index (κ1) is 12.6. The second-order valence-electron chi connectivity index (χ2n) is 1.67. The number of hydrogen-bond donors (Lipinski definition) is 0. The van der Waals surface area contributed by atoms with Crippen molar-refractivity contribution in [3.63, 3.8) is 0 Å². The molecule has 0 atom stereocenters. The molecule has 0 aliphatic carbocycles. The molecule has 0 saturated carbocycles. The van der Waals surface area contributed by atoms with E-state index in [2.05, 4.69) is 13.2 Å². The standard InChI is InChI=1S/C9H12.C2H6/c1-4-6-8-9(3)7-5-2;1-2/h4-8H,1,3H2,2H3;1-2H3/b7-5+,8-6-;. The Balaban J connectivity index is 0. The summed E-state index contributed by atoms with van der Waals surface area (Å²) >= 11 is 0. The highest BCUT2D eigenvalue weighted by Crippen LogP contribution is 1.93. The van der Waals surface area contributed by atoms with Crippen LogP contribution in [0.1, 0.15) is 20.8 Å². The largest absolute Gasteiger partial charge is 0.0991 e. The van der Waals surface area contributed by atoms with E-state index in [1.165, 1.54) is 0 Å². The van der Waals surface area contributed by atoms with Gasteiger partial charge in [0.15, 0.2) is 0 Å². The van der Waals surface area contributed by atoms with Crippen LogP contribution < -0.4 is 0 Å². The van der Waals surface area contributed by atoms with Gasteiger partial charge in [-0.3, -0.25) is 0 Å². The highest BCUT2D eigenvalue weighted by atomic mass is 13.8. The van der Waals surface area contributed by atoms with Crippen LogP contribution in [0.25, 0.3) is 0 Å². The van der Waals surface area contributed by atoms with E-state index >= 15 is 0 Å². The summed E-state index contributed by atoms with van der Waals surface area (Å²) in [5.41, 5.74) is 0.998. The van der Waals surface area contributed by atoms with Crippen LogP contribution in [0.15, 0.2) is 49.1 Å². The van der Waals surface area contributed by atoms with Gasteiger partial charge in [0.1, 0.15) is 0 Å². The Labute approximate surface area is 70.6 Å². The molecule has 0 aromatic rings. The molecule has 62 valence electrons. The molecule has 0 N–H and O–H groups in total. The van der Waals surface area contributed by atoms with Crippen LogP contribution in [0.2, 0.25) is 0 Å². The van der Waals surface area contributed by atoms with Gasteiger partial charge < -0.3 is 0 Å². The van der Waals surface area contributed by atoms with Crippen LogP contribution in [-0.4, -0.2) is 0 Å². The molecule has 0 fully saturated rings. The number of hydrogen-bond acceptors (Lipinski definition) is 0.